The molecule has 1 amide bonds. The first-order valence-corrected chi connectivity index (χ1v) is 2.49. The Hall–Kier alpha value is -0.570. The van der Waals surface area contributed by atoms with Crippen LogP contribution in [0.5, 0.6) is 0 Å². The SMILES string of the molecule is C[CH]NC(=O)CCO. The van der Waals surface area contributed by atoms with Crippen molar-refractivity contribution >= 4 is 5.91 Å². The Labute approximate surface area is 48.7 Å². The third-order valence-corrected chi connectivity index (χ3v) is 0.644. The molecule has 0 atom stereocenters. The van der Waals surface area contributed by atoms with E-state index in [-0.39, 0.29) is 18.9 Å². The number of aliphatic hydroxyl groups is 1. The molecule has 0 saturated carbocycles. The number of hydrogen-bond donors (Lipinski definition) is 2. The summed E-state index contributed by atoms with van der Waals surface area (Å²) in [6, 6.07) is 0. The van der Waals surface area contributed by atoms with E-state index in [1.54, 1.807) is 6.92 Å². The van der Waals surface area contributed by atoms with Gasteiger partial charge in [-0.15, -0.1) is 0 Å². The zero-order chi connectivity index (χ0) is 6.41. The molecule has 0 saturated heterocycles. The van der Waals surface area contributed by atoms with Gasteiger partial charge in [-0.05, 0) is 6.92 Å². The van der Waals surface area contributed by atoms with E-state index in [1.807, 2.05) is 0 Å². The van der Waals surface area contributed by atoms with Gasteiger partial charge in [0.2, 0.25) is 5.91 Å². The Morgan fingerprint density at radius 3 is 2.88 bits per heavy atom. The molecule has 0 fully saturated rings. The van der Waals surface area contributed by atoms with Crippen LogP contribution in [-0.4, -0.2) is 17.6 Å². The van der Waals surface area contributed by atoms with Crippen molar-refractivity contribution in [1.82, 2.24) is 5.32 Å². The predicted molar refractivity (Wildman–Crippen MR) is 29.8 cm³/mol. The largest absolute Gasteiger partial charge is 0.396 e. The molecular formula is C5H10NO2. The maximum Gasteiger partial charge on any atom is 0.222 e. The molecule has 47 valence electrons. The third kappa shape index (κ3) is 3.61. The highest BCUT2D eigenvalue weighted by Crippen LogP contribution is 1.75. The Morgan fingerprint density at radius 1 is 1.88 bits per heavy atom. The summed E-state index contributed by atoms with van der Waals surface area (Å²) in [4.78, 5) is 10.3. The molecule has 0 spiro atoms. The van der Waals surface area contributed by atoms with Gasteiger partial charge in [0.05, 0.1) is 6.61 Å². The van der Waals surface area contributed by atoms with E-state index in [1.165, 1.54) is 6.54 Å². The van der Waals surface area contributed by atoms with Crippen molar-refractivity contribution in [3.05, 3.63) is 6.54 Å². The van der Waals surface area contributed by atoms with Gasteiger partial charge in [0.15, 0.2) is 0 Å². The lowest BCUT2D eigenvalue weighted by atomic mass is 10.4. The Bertz CT molecular complexity index is 64.8. The van der Waals surface area contributed by atoms with Gasteiger partial charge in [0, 0.05) is 13.0 Å². The van der Waals surface area contributed by atoms with E-state index in [2.05, 4.69) is 5.32 Å². The van der Waals surface area contributed by atoms with Crippen molar-refractivity contribution in [2.45, 2.75) is 13.3 Å². The van der Waals surface area contributed by atoms with Crippen LogP contribution in [0.2, 0.25) is 0 Å². The zero-order valence-electron chi connectivity index (χ0n) is 4.85. The average molecular weight is 116 g/mol. The van der Waals surface area contributed by atoms with Crippen molar-refractivity contribution in [2.75, 3.05) is 6.61 Å². The molecule has 3 heteroatoms. The maximum atomic E-state index is 10.3. The van der Waals surface area contributed by atoms with Crippen LogP contribution < -0.4 is 5.32 Å². The van der Waals surface area contributed by atoms with E-state index in [4.69, 9.17) is 5.11 Å². The van der Waals surface area contributed by atoms with E-state index in [0.717, 1.165) is 0 Å². The number of amides is 1. The minimum atomic E-state index is -0.144. The summed E-state index contributed by atoms with van der Waals surface area (Å²) < 4.78 is 0. The van der Waals surface area contributed by atoms with Gasteiger partial charge < -0.3 is 10.4 Å². The van der Waals surface area contributed by atoms with Gasteiger partial charge in [0.25, 0.3) is 0 Å². The highest BCUT2D eigenvalue weighted by molar-refractivity contribution is 5.76. The second kappa shape index (κ2) is 4.59. The molecule has 0 aromatic rings. The summed E-state index contributed by atoms with van der Waals surface area (Å²) in [6.07, 6.45) is 0.185. The maximum absolute atomic E-state index is 10.3. The minimum Gasteiger partial charge on any atom is -0.396 e. The molecule has 0 unspecified atom stereocenters. The second-order valence-corrected chi connectivity index (χ2v) is 1.33. The second-order valence-electron chi connectivity index (χ2n) is 1.33. The fraction of sp³-hybridized carbons (Fsp3) is 0.600. The number of carbonyl (C=O) groups excluding carboxylic acids is 1. The molecule has 0 rings (SSSR count). The summed E-state index contributed by atoms with van der Waals surface area (Å²) in [6.45, 7) is 3.17. The average Bonchev–Trinajstić information content (AvgIpc) is 1.68. The lowest BCUT2D eigenvalue weighted by Gasteiger charge is -1.95. The van der Waals surface area contributed by atoms with Gasteiger partial charge in [-0.2, -0.15) is 0 Å². The van der Waals surface area contributed by atoms with Crippen LogP contribution in [0.3, 0.4) is 0 Å². The molecule has 0 aliphatic rings. The minimum absolute atomic E-state index is 0.0837. The Morgan fingerprint density at radius 2 is 2.50 bits per heavy atom. The third-order valence-electron chi connectivity index (χ3n) is 0.644. The Balaban J connectivity index is 3.06. The highest BCUT2D eigenvalue weighted by Gasteiger charge is 1.93. The van der Waals surface area contributed by atoms with E-state index in [9.17, 15) is 4.79 Å². The number of carbonyl (C=O) groups is 1. The summed E-state index contributed by atoms with van der Waals surface area (Å²) in [7, 11) is 0. The van der Waals surface area contributed by atoms with Gasteiger partial charge in [0.1, 0.15) is 0 Å². The number of aliphatic hydroxyl groups excluding tert-OH is 1. The van der Waals surface area contributed by atoms with E-state index >= 15 is 0 Å². The van der Waals surface area contributed by atoms with Crippen molar-refractivity contribution in [3.63, 3.8) is 0 Å². The van der Waals surface area contributed by atoms with Crippen molar-refractivity contribution < 1.29 is 9.90 Å². The monoisotopic (exact) mass is 116 g/mol. The van der Waals surface area contributed by atoms with Crippen LogP contribution >= 0.6 is 0 Å². The topological polar surface area (TPSA) is 49.3 Å². The molecule has 2 N–H and O–H groups in total. The molecule has 0 bridgehead atoms. The van der Waals surface area contributed by atoms with Crippen LogP contribution in [0.1, 0.15) is 13.3 Å². The lowest BCUT2D eigenvalue weighted by molar-refractivity contribution is -0.121. The molecule has 0 aliphatic carbocycles. The molecule has 8 heavy (non-hydrogen) atoms. The van der Waals surface area contributed by atoms with E-state index < -0.39 is 0 Å². The zero-order valence-corrected chi connectivity index (χ0v) is 4.85. The fourth-order valence-corrected chi connectivity index (χ4v) is 0.335. The van der Waals surface area contributed by atoms with Crippen molar-refractivity contribution in [3.8, 4) is 0 Å². The highest BCUT2D eigenvalue weighted by atomic mass is 16.3. The molecule has 0 heterocycles. The van der Waals surface area contributed by atoms with Crippen molar-refractivity contribution in [2.24, 2.45) is 0 Å². The van der Waals surface area contributed by atoms with Crippen LogP contribution in [0.25, 0.3) is 0 Å². The molecule has 0 aliphatic heterocycles. The molecule has 3 nitrogen and oxygen atoms in total. The summed E-state index contributed by atoms with van der Waals surface area (Å²) in [5.41, 5.74) is 0. The van der Waals surface area contributed by atoms with Crippen molar-refractivity contribution in [1.29, 1.82) is 0 Å². The van der Waals surface area contributed by atoms with Gasteiger partial charge >= 0.3 is 0 Å². The quantitative estimate of drug-likeness (QED) is 0.530. The predicted octanol–water partition coefficient (Wildman–Crippen LogP) is -0.333. The Kier molecular flexibility index (Phi) is 4.26. The smallest absolute Gasteiger partial charge is 0.222 e. The first kappa shape index (κ1) is 7.43. The number of nitrogens with one attached hydrogen (secondary N) is 1. The van der Waals surface area contributed by atoms with Gasteiger partial charge in [-0.1, -0.05) is 0 Å². The van der Waals surface area contributed by atoms with Crippen LogP contribution in [0.15, 0.2) is 0 Å². The number of rotatable bonds is 3. The standard InChI is InChI=1S/C5H10NO2/c1-2-6-5(8)3-4-7/h2,7H,3-4H2,1H3,(H,6,8). The number of hydrogen-bond acceptors (Lipinski definition) is 2. The summed E-state index contributed by atoms with van der Waals surface area (Å²) >= 11 is 0. The van der Waals surface area contributed by atoms with Gasteiger partial charge in [-0.3, -0.25) is 4.79 Å². The van der Waals surface area contributed by atoms with Gasteiger partial charge in [-0.25, -0.2) is 0 Å². The molecule has 1 radical (unpaired) electrons. The van der Waals surface area contributed by atoms with Crippen LogP contribution in [0, 0.1) is 6.54 Å². The van der Waals surface area contributed by atoms with Crippen LogP contribution in [-0.2, 0) is 4.79 Å². The normalized spacial score (nSPS) is 8.75. The molecular weight excluding hydrogens is 106 g/mol. The van der Waals surface area contributed by atoms with E-state index in [0.29, 0.717) is 0 Å². The lowest BCUT2D eigenvalue weighted by Crippen LogP contribution is -2.19. The summed E-state index contributed by atoms with van der Waals surface area (Å²) in [5, 5.41) is 10.6. The first-order valence-electron chi connectivity index (χ1n) is 2.49. The fourth-order valence-electron chi connectivity index (χ4n) is 0.335. The van der Waals surface area contributed by atoms with Crippen LogP contribution in [0.4, 0.5) is 0 Å². The first-order chi connectivity index (χ1) is 3.81. The molecule has 0 aromatic carbocycles. The summed E-state index contributed by atoms with van der Waals surface area (Å²) in [5.74, 6) is -0.144. The molecule has 0 aromatic heterocycles.